The van der Waals surface area contributed by atoms with Crippen LogP contribution in [0.4, 0.5) is 30.7 Å². The Morgan fingerprint density at radius 3 is 1.96 bits per heavy atom. The molecule has 0 fully saturated rings. The molecule has 11 heteroatoms. The first-order valence-electron chi connectivity index (χ1n) is 6.66. The number of carboxylic acids is 1. The Kier molecular flexibility index (Phi) is 6.03. The molecule has 0 aliphatic rings. The van der Waals surface area contributed by atoms with Gasteiger partial charge in [-0.1, -0.05) is 30.3 Å². The van der Waals surface area contributed by atoms with Crippen molar-refractivity contribution < 1.29 is 45.4 Å². The molecule has 1 amide bonds. The lowest BCUT2D eigenvalue weighted by Crippen LogP contribution is -2.62. The number of carbonyl (C=O) groups is 2. The Labute approximate surface area is 136 Å². The van der Waals surface area contributed by atoms with Crippen LogP contribution in [0.15, 0.2) is 30.3 Å². The van der Waals surface area contributed by atoms with Gasteiger partial charge in [0.05, 0.1) is 12.8 Å². The van der Waals surface area contributed by atoms with Crippen molar-refractivity contribution in [3.05, 3.63) is 35.9 Å². The maximum absolute atomic E-state index is 13.7. The van der Waals surface area contributed by atoms with E-state index in [4.69, 9.17) is 5.11 Å². The molecule has 0 saturated heterocycles. The highest BCUT2D eigenvalue weighted by Gasteiger charge is 2.75. The quantitative estimate of drug-likeness (QED) is 0.720. The minimum atomic E-state index is -6.63. The summed E-state index contributed by atoms with van der Waals surface area (Å²) in [5, 5.41) is 9.77. The van der Waals surface area contributed by atoms with Crippen LogP contribution in [0, 0.1) is 0 Å². The molecule has 0 unspecified atom stereocenters. The Bertz CT molecular complexity index is 617. The van der Waals surface area contributed by atoms with Crippen molar-refractivity contribution in [2.45, 2.75) is 36.9 Å². The first-order chi connectivity index (χ1) is 11.3. The van der Waals surface area contributed by atoms with Gasteiger partial charge >= 0.3 is 24.0 Å². The summed E-state index contributed by atoms with van der Waals surface area (Å²) in [4.78, 5) is 22.2. The van der Waals surface area contributed by atoms with E-state index in [1.165, 1.54) is 29.6 Å². The van der Waals surface area contributed by atoms with Crippen LogP contribution < -0.4 is 5.32 Å². The van der Waals surface area contributed by atoms with E-state index in [0.29, 0.717) is 0 Å². The van der Waals surface area contributed by atoms with Gasteiger partial charge in [-0.15, -0.1) is 0 Å². The predicted molar refractivity (Wildman–Crippen MR) is 70.3 cm³/mol. The molecule has 4 nitrogen and oxygen atoms in total. The molecule has 140 valence electrons. The van der Waals surface area contributed by atoms with Gasteiger partial charge in [0.1, 0.15) is 6.04 Å². The Morgan fingerprint density at radius 1 is 1.00 bits per heavy atom. The van der Waals surface area contributed by atoms with Gasteiger partial charge in [-0.05, 0) is 5.56 Å². The van der Waals surface area contributed by atoms with Gasteiger partial charge in [0.25, 0.3) is 0 Å². The number of aliphatic carboxylic acids is 1. The van der Waals surface area contributed by atoms with Crippen LogP contribution >= 0.6 is 0 Å². The molecule has 0 heterocycles. The highest BCUT2D eigenvalue weighted by atomic mass is 19.4. The van der Waals surface area contributed by atoms with Gasteiger partial charge < -0.3 is 10.4 Å². The molecule has 0 radical (unpaired) electrons. The summed E-state index contributed by atoms with van der Waals surface area (Å²) in [5.41, 5.74) is 0.264. The average Bonchev–Trinajstić information content (AvgIpc) is 2.45. The van der Waals surface area contributed by atoms with Crippen molar-refractivity contribution in [2.24, 2.45) is 0 Å². The van der Waals surface area contributed by atoms with Crippen LogP contribution in [0.3, 0.4) is 0 Å². The number of benzene rings is 1. The van der Waals surface area contributed by atoms with Crippen LogP contribution in [0.1, 0.15) is 12.0 Å². The normalized spacial score (nSPS) is 14.0. The van der Waals surface area contributed by atoms with Crippen LogP contribution in [0.25, 0.3) is 0 Å². The third-order valence-corrected chi connectivity index (χ3v) is 3.13. The second kappa shape index (κ2) is 7.28. The van der Waals surface area contributed by atoms with Crippen molar-refractivity contribution >= 4 is 11.9 Å². The second-order valence-corrected chi connectivity index (χ2v) is 5.08. The molecule has 1 atom stereocenters. The smallest absolute Gasteiger partial charge is 0.459 e. The van der Waals surface area contributed by atoms with Gasteiger partial charge in [0.15, 0.2) is 0 Å². The largest absolute Gasteiger partial charge is 0.481 e. The number of alkyl halides is 7. The van der Waals surface area contributed by atoms with E-state index in [0.717, 1.165) is 0 Å². The summed E-state index contributed by atoms with van der Waals surface area (Å²) in [6.07, 6.45) is -9.05. The standard InChI is InChI=1S/C14H12F7NO3/c15-12(16,13(17,18)14(19,20)21)9(7-11(24)25)22-10(23)6-8-4-2-1-3-5-8/h1-5,9H,6-7H2,(H,22,23)(H,24,25)/t9-/m1/s1. The van der Waals surface area contributed by atoms with Gasteiger partial charge in [-0.25, -0.2) is 0 Å². The molecule has 0 aromatic heterocycles. The summed E-state index contributed by atoms with van der Waals surface area (Å²) >= 11 is 0. The third-order valence-electron chi connectivity index (χ3n) is 3.13. The molecular formula is C14H12F7NO3. The molecule has 0 bridgehead atoms. The summed E-state index contributed by atoms with van der Waals surface area (Å²) in [5.74, 6) is -15.8. The fourth-order valence-corrected chi connectivity index (χ4v) is 1.88. The van der Waals surface area contributed by atoms with Crippen molar-refractivity contribution in [3.63, 3.8) is 0 Å². The van der Waals surface area contributed by atoms with Gasteiger partial charge in [-0.3, -0.25) is 9.59 Å². The second-order valence-electron chi connectivity index (χ2n) is 5.08. The molecule has 25 heavy (non-hydrogen) atoms. The average molecular weight is 375 g/mol. The first-order valence-corrected chi connectivity index (χ1v) is 6.66. The number of carbonyl (C=O) groups excluding carboxylic acids is 1. The van der Waals surface area contributed by atoms with E-state index in [1.807, 2.05) is 0 Å². The van der Waals surface area contributed by atoms with Crippen molar-refractivity contribution in [2.75, 3.05) is 0 Å². The zero-order valence-electron chi connectivity index (χ0n) is 12.3. The zero-order chi connectivity index (χ0) is 19.5. The van der Waals surface area contributed by atoms with E-state index in [2.05, 4.69) is 0 Å². The van der Waals surface area contributed by atoms with E-state index >= 15 is 0 Å². The van der Waals surface area contributed by atoms with Crippen LogP contribution in [0.5, 0.6) is 0 Å². The van der Waals surface area contributed by atoms with E-state index in [-0.39, 0.29) is 5.56 Å². The van der Waals surface area contributed by atoms with Gasteiger partial charge in [-0.2, -0.15) is 30.7 Å². The molecule has 2 N–H and O–H groups in total. The Balaban J connectivity index is 3.04. The van der Waals surface area contributed by atoms with Crippen molar-refractivity contribution in [1.29, 1.82) is 0 Å². The monoisotopic (exact) mass is 375 g/mol. The lowest BCUT2D eigenvalue weighted by Gasteiger charge is -2.33. The number of hydrogen-bond acceptors (Lipinski definition) is 2. The first kappa shape index (κ1) is 20.7. The van der Waals surface area contributed by atoms with Crippen LogP contribution in [-0.2, 0) is 16.0 Å². The predicted octanol–water partition coefficient (Wildman–Crippen LogP) is 3.02. The maximum atomic E-state index is 13.7. The number of rotatable bonds is 7. The summed E-state index contributed by atoms with van der Waals surface area (Å²) in [6, 6.07) is 4.03. The number of halogens is 7. The number of nitrogens with one attached hydrogen (secondary N) is 1. The zero-order valence-corrected chi connectivity index (χ0v) is 12.3. The number of amides is 1. The molecule has 0 saturated carbocycles. The van der Waals surface area contributed by atoms with Crippen molar-refractivity contribution in [1.82, 2.24) is 5.32 Å². The Hall–Kier alpha value is -2.33. The summed E-state index contributed by atoms with van der Waals surface area (Å²) < 4.78 is 90.1. The van der Waals surface area contributed by atoms with Crippen molar-refractivity contribution in [3.8, 4) is 0 Å². The molecule has 0 spiro atoms. The molecular weight excluding hydrogens is 363 g/mol. The fourth-order valence-electron chi connectivity index (χ4n) is 1.88. The fraction of sp³-hybridized carbons (Fsp3) is 0.429. The SMILES string of the molecule is O=C(O)C[C@@H](NC(=O)Cc1ccccc1)C(F)(F)C(F)(F)C(F)(F)F. The molecule has 0 aliphatic carbocycles. The summed E-state index contributed by atoms with van der Waals surface area (Å²) in [7, 11) is 0. The Morgan fingerprint density at radius 2 is 1.52 bits per heavy atom. The maximum Gasteiger partial charge on any atom is 0.459 e. The molecule has 1 aromatic rings. The number of hydrogen-bond donors (Lipinski definition) is 2. The lowest BCUT2D eigenvalue weighted by molar-refractivity contribution is -0.359. The van der Waals surface area contributed by atoms with E-state index in [1.54, 1.807) is 6.07 Å². The highest BCUT2D eigenvalue weighted by Crippen LogP contribution is 2.48. The van der Waals surface area contributed by atoms with E-state index in [9.17, 15) is 40.3 Å². The topological polar surface area (TPSA) is 66.4 Å². The minimum Gasteiger partial charge on any atom is -0.481 e. The van der Waals surface area contributed by atoms with Gasteiger partial charge in [0, 0.05) is 0 Å². The number of carboxylic acid groups (broad SMARTS) is 1. The minimum absolute atomic E-state index is 0.264. The van der Waals surface area contributed by atoms with Gasteiger partial charge in [0.2, 0.25) is 5.91 Å². The molecule has 0 aliphatic heterocycles. The molecule has 1 aromatic carbocycles. The van der Waals surface area contributed by atoms with Crippen LogP contribution in [0.2, 0.25) is 0 Å². The summed E-state index contributed by atoms with van der Waals surface area (Å²) in [6.45, 7) is 0. The lowest BCUT2D eigenvalue weighted by atomic mass is 9.99. The van der Waals surface area contributed by atoms with Crippen LogP contribution in [-0.4, -0.2) is 41.0 Å². The highest BCUT2D eigenvalue weighted by molar-refractivity contribution is 5.80. The van der Waals surface area contributed by atoms with E-state index < -0.39 is 48.8 Å². The third kappa shape index (κ3) is 4.83. The molecule has 1 rings (SSSR count).